The third kappa shape index (κ3) is 5.07. The lowest BCUT2D eigenvalue weighted by Crippen LogP contribution is -2.22. The fourth-order valence-corrected chi connectivity index (χ4v) is 10.4. The molecule has 0 bridgehead atoms. The minimum absolute atomic E-state index is 0.314. The van der Waals surface area contributed by atoms with Gasteiger partial charge in [0.25, 0.3) is 0 Å². The van der Waals surface area contributed by atoms with Gasteiger partial charge in [0, 0.05) is 42.5 Å². The molecule has 0 N–H and O–H groups in total. The first-order chi connectivity index (χ1) is 27.6. The minimum atomic E-state index is -0.314. The van der Waals surface area contributed by atoms with Gasteiger partial charge in [0.1, 0.15) is 0 Å². The van der Waals surface area contributed by atoms with Crippen LogP contribution < -0.4 is 4.90 Å². The molecule has 56 heavy (non-hydrogen) atoms. The van der Waals surface area contributed by atoms with Gasteiger partial charge in [-0.15, -0.1) is 11.3 Å². The SMILES string of the molecule is CC1(c2ccccc2)c2ccccc2-c2ccc(N(c3cccc(-c4ccc5c(c4)sc4ccccc45)c3)c3ccccc3-c3cccc4ccccc34)cc21. The molecule has 9 aromatic carbocycles. The molecule has 0 saturated heterocycles. The molecule has 1 heterocycles. The molecule has 0 aliphatic heterocycles. The van der Waals surface area contributed by atoms with E-state index in [2.05, 4.69) is 218 Å². The molecule has 1 atom stereocenters. The lowest BCUT2D eigenvalue weighted by atomic mass is 9.74. The highest BCUT2D eigenvalue weighted by Crippen LogP contribution is 2.54. The van der Waals surface area contributed by atoms with E-state index in [1.54, 1.807) is 0 Å². The number of fused-ring (bicyclic) bond motifs is 7. The Morgan fingerprint density at radius 1 is 0.393 bits per heavy atom. The van der Waals surface area contributed by atoms with Crippen molar-refractivity contribution in [1.29, 1.82) is 0 Å². The van der Waals surface area contributed by atoms with Crippen molar-refractivity contribution in [1.82, 2.24) is 0 Å². The lowest BCUT2D eigenvalue weighted by molar-refractivity contribution is 0.714. The van der Waals surface area contributed by atoms with Gasteiger partial charge in [-0.1, -0.05) is 164 Å². The quantitative estimate of drug-likeness (QED) is 0.165. The van der Waals surface area contributed by atoms with Crippen LogP contribution in [0.1, 0.15) is 23.6 Å². The first kappa shape index (κ1) is 32.7. The molecule has 1 aliphatic rings. The number of anilines is 3. The van der Waals surface area contributed by atoms with Crippen LogP contribution in [0.5, 0.6) is 0 Å². The normalized spacial score (nSPS) is 14.6. The fraction of sp³-hybridized carbons (Fsp3) is 0.0370. The van der Waals surface area contributed by atoms with Crippen LogP contribution in [-0.2, 0) is 5.41 Å². The maximum absolute atomic E-state index is 2.48. The Hall–Kier alpha value is -6.74. The topological polar surface area (TPSA) is 3.24 Å². The van der Waals surface area contributed by atoms with E-state index in [4.69, 9.17) is 0 Å². The van der Waals surface area contributed by atoms with Crippen LogP contribution in [0.25, 0.3) is 64.3 Å². The van der Waals surface area contributed by atoms with Crippen LogP contribution in [-0.4, -0.2) is 0 Å². The van der Waals surface area contributed by atoms with E-state index in [0.29, 0.717) is 0 Å². The van der Waals surface area contributed by atoms with Gasteiger partial charge in [-0.2, -0.15) is 0 Å². The van der Waals surface area contributed by atoms with Crippen molar-refractivity contribution in [2.45, 2.75) is 12.3 Å². The van der Waals surface area contributed by atoms with Crippen molar-refractivity contribution < 1.29 is 0 Å². The Morgan fingerprint density at radius 3 is 1.95 bits per heavy atom. The van der Waals surface area contributed by atoms with E-state index in [9.17, 15) is 0 Å². The van der Waals surface area contributed by atoms with Crippen LogP contribution in [0.4, 0.5) is 17.1 Å². The monoisotopic (exact) mass is 731 g/mol. The molecule has 1 unspecified atom stereocenters. The van der Waals surface area contributed by atoms with Crippen molar-refractivity contribution in [3.8, 4) is 33.4 Å². The molecule has 2 heteroatoms. The Bertz CT molecular complexity index is 3110. The highest BCUT2D eigenvalue weighted by Gasteiger charge is 2.41. The molecule has 1 nitrogen and oxygen atoms in total. The minimum Gasteiger partial charge on any atom is -0.310 e. The number of thiophene rings is 1. The predicted molar refractivity (Wildman–Crippen MR) is 240 cm³/mol. The molecule has 0 amide bonds. The first-order valence-electron chi connectivity index (χ1n) is 19.3. The van der Waals surface area contributed by atoms with Crippen molar-refractivity contribution in [2.75, 3.05) is 4.90 Å². The van der Waals surface area contributed by atoms with E-state index < -0.39 is 0 Å². The zero-order valence-corrected chi connectivity index (χ0v) is 31.8. The summed E-state index contributed by atoms with van der Waals surface area (Å²) < 4.78 is 2.64. The standard InChI is InChI=1S/C54H37NS/c1-54(39-18-3-2-4-19-39)49-26-10-7-22-44(49)45-32-30-41(35-50(45)54)55(51-27-11-8-23-46(51)43-25-14-16-36-15-5-6-21-42(36)43)40-20-13-17-37(33-40)38-29-31-48-47-24-9-12-28-52(47)56-53(48)34-38/h2-35H,1H3. The first-order valence-corrected chi connectivity index (χ1v) is 20.2. The Balaban J connectivity index is 1.14. The number of para-hydroxylation sites is 1. The molecule has 10 aromatic rings. The second-order valence-electron chi connectivity index (χ2n) is 15.0. The maximum Gasteiger partial charge on any atom is 0.0540 e. The van der Waals surface area contributed by atoms with Crippen molar-refractivity contribution in [3.63, 3.8) is 0 Å². The summed E-state index contributed by atoms with van der Waals surface area (Å²) in [5.41, 5.74) is 14.5. The molecule has 1 aromatic heterocycles. The van der Waals surface area contributed by atoms with Crippen LogP contribution in [0.15, 0.2) is 206 Å². The van der Waals surface area contributed by atoms with E-state index in [0.717, 1.165) is 17.1 Å². The van der Waals surface area contributed by atoms with Crippen LogP contribution in [0.2, 0.25) is 0 Å². The number of hydrogen-bond donors (Lipinski definition) is 0. The number of nitrogens with zero attached hydrogens (tertiary/aromatic N) is 1. The van der Waals surface area contributed by atoms with Crippen molar-refractivity contribution in [3.05, 3.63) is 223 Å². The van der Waals surface area contributed by atoms with E-state index >= 15 is 0 Å². The Morgan fingerprint density at radius 2 is 1.04 bits per heavy atom. The molecular weight excluding hydrogens is 695 g/mol. The Labute approximate surface area is 331 Å². The van der Waals surface area contributed by atoms with E-state index in [-0.39, 0.29) is 5.41 Å². The summed E-state index contributed by atoms with van der Waals surface area (Å²) in [6.45, 7) is 2.40. The highest BCUT2D eigenvalue weighted by atomic mass is 32.1. The number of rotatable bonds is 6. The summed E-state index contributed by atoms with van der Waals surface area (Å²) in [5, 5.41) is 5.12. The number of benzene rings is 9. The summed E-state index contributed by atoms with van der Waals surface area (Å²) in [4.78, 5) is 2.48. The van der Waals surface area contributed by atoms with E-state index in [1.165, 1.54) is 81.0 Å². The number of hydrogen-bond acceptors (Lipinski definition) is 2. The predicted octanol–water partition coefficient (Wildman–Crippen LogP) is 15.3. The molecule has 264 valence electrons. The molecule has 11 rings (SSSR count). The lowest BCUT2D eigenvalue weighted by Gasteiger charge is -2.32. The third-order valence-electron chi connectivity index (χ3n) is 11.9. The fourth-order valence-electron chi connectivity index (χ4n) is 9.22. The van der Waals surface area contributed by atoms with Crippen LogP contribution in [0, 0.1) is 0 Å². The van der Waals surface area contributed by atoms with Gasteiger partial charge in [-0.25, -0.2) is 0 Å². The average molecular weight is 732 g/mol. The molecule has 0 fully saturated rings. The third-order valence-corrected chi connectivity index (χ3v) is 13.1. The van der Waals surface area contributed by atoms with Crippen molar-refractivity contribution >= 4 is 59.3 Å². The molecule has 0 spiro atoms. The summed E-state index contributed by atoms with van der Waals surface area (Å²) in [7, 11) is 0. The summed E-state index contributed by atoms with van der Waals surface area (Å²) >= 11 is 1.87. The molecule has 0 radical (unpaired) electrons. The summed E-state index contributed by atoms with van der Waals surface area (Å²) in [5.74, 6) is 0. The van der Waals surface area contributed by atoms with Gasteiger partial charge >= 0.3 is 0 Å². The second kappa shape index (κ2) is 12.9. The van der Waals surface area contributed by atoms with Gasteiger partial charge in [0.15, 0.2) is 0 Å². The smallest absolute Gasteiger partial charge is 0.0540 e. The summed E-state index contributed by atoms with van der Waals surface area (Å²) in [6, 6.07) is 76.1. The van der Waals surface area contributed by atoms with Gasteiger partial charge in [0.2, 0.25) is 0 Å². The Kier molecular flexibility index (Phi) is 7.55. The zero-order chi connectivity index (χ0) is 37.2. The average Bonchev–Trinajstić information content (AvgIpc) is 3.77. The van der Waals surface area contributed by atoms with Gasteiger partial charge in [-0.3, -0.25) is 0 Å². The second-order valence-corrected chi connectivity index (χ2v) is 16.1. The van der Waals surface area contributed by atoms with Crippen LogP contribution >= 0.6 is 11.3 Å². The zero-order valence-electron chi connectivity index (χ0n) is 31.0. The largest absolute Gasteiger partial charge is 0.310 e. The van der Waals surface area contributed by atoms with E-state index in [1.807, 2.05) is 11.3 Å². The van der Waals surface area contributed by atoms with Crippen molar-refractivity contribution in [2.24, 2.45) is 0 Å². The molecular formula is C54H37NS. The van der Waals surface area contributed by atoms with Gasteiger partial charge in [-0.05, 0) is 105 Å². The maximum atomic E-state index is 2.48. The van der Waals surface area contributed by atoms with Gasteiger partial charge in [0.05, 0.1) is 5.69 Å². The van der Waals surface area contributed by atoms with Crippen LogP contribution in [0.3, 0.4) is 0 Å². The molecule has 0 saturated carbocycles. The summed E-state index contributed by atoms with van der Waals surface area (Å²) in [6.07, 6.45) is 0. The van der Waals surface area contributed by atoms with Gasteiger partial charge < -0.3 is 4.90 Å². The molecule has 1 aliphatic carbocycles. The highest BCUT2D eigenvalue weighted by molar-refractivity contribution is 7.25.